The molecule has 1 aliphatic heterocycles. The normalized spacial score (nSPS) is 26.1. The lowest BCUT2D eigenvalue weighted by Gasteiger charge is -2.66. The fraction of sp³-hybridized carbons (Fsp3) is 0.423. The summed E-state index contributed by atoms with van der Waals surface area (Å²) in [5, 5.41) is 21.7. The minimum atomic E-state index is -0.177. The molecule has 0 unspecified atom stereocenters. The molecule has 176 valence electrons. The van der Waals surface area contributed by atoms with E-state index < -0.39 is 0 Å². The number of benzene rings is 1. The van der Waals surface area contributed by atoms with Gasteiger partial charge >= 0.3 is 0 Å². The number of anilines is 1. The van der Waals surface area contributed by atoms with Gasteiger partial charge in [0.25, 0.3) is 11.9 Å². The Morgan fingerprint density at radius 1 is 1.17 bits per heavy atom. The number of aromatic nitrogens is 4. The first kappa shape index (κ1) is 21.4. The van der Waals surface area contributed by atoms with Crippen LogP contribution in [0.15, 0.2) is 18.2 Å². The van der Waals surface area contributed by atoms with Gasteiger partial charge in [-0.25, -0.2) is 0 Å². The topological polar surface area (TPSA) is 122 Å². The third kappa shape index (κ3) is 3.38. The van der Waals surface area contributed by atoms with Crippen molar-refractivity contribution in [2.24, 2.45) is 11.3 Å². The molecule has 0 spiro atoms. The van der Waals surface area contributed by atoms with Crippen molar-refractivity contribution in [3.8, 4) is 29.8 Å². The highest BCUT2D eigenvalue weighted by molar-refractivity contribution is 5.80. The zero-order chi connectivity index (χ0) is 24.4. The van der Waals surface area contributed by atoms with Crippen LogP contribution >= 0.6 is 0 Å². The molecule has 1 atom stereocenters. The van der Waals surface area contributed by atoms with Gasteiger partial charge in [-0.3, -0.25) is 4.57 Å². The molecule has 2 bridgehead atoms. The second kappa shape index (κ2) is 7.44. The lowest BCUT2D eigenvalue weighted by atomic mass is 9.40. The van der Waals surface area contributed by atoms with E-state index in [4.69, 9.17) is 24.7 Å². The number of nitrogens with zero attached hydrogens (tertiary/aromatic N) is 6. The zero-order valence-corrected chi connectivity index (χ0v) is 19.9. The maximum atomic E-state index is 9.37. The zero-order valence-electron chi connectivity index (χ0n) is 19.9. The monoisotopic (exact) mass is 467 g/mol. The van der Waals surface area contributed by atoms with Crippen molar-refractivity contribution in [1.82, 2.24) is 19.5 Å². The number of ether oxygens (including phenoxy) is 2. The Hall–Kier alpha value is -4.11. The van der Waals surface area contributed by atoms with E-state index >= 15 is 0 Å². The molecule has 4 aliphatic rings. The van der Waals surface area contributed by atoms with E-state index in [-0.39, 0.29) is 11.0 Å². The fourth-order valence-electron chi connectivity index (χ4n) is 5.72. The lowest BCUT2D eigenvalue weighted by molar-refractivity contribution is -0.0665. The summed E-state index contributed by atoms with van der Waals surface area (Å²) in [5.74, 6) is 1.90. The first-order chi connectivity index (χ1) is 16.8. The molecule has 2 aromatic heterocycles. The number of nitriles is 2. The van der Waals surface area contributed by atoms with Crippen molar-refractivity contribution in [2.75, 3.05) is 11.9 Å². The highest BCUT2D eigenvalue weighted by atomic mass is 16.5. The Morgan fingerprint density at radius 2 is 1.91 bits per heavy atom. The van der Waals surface area contributed by atoms with Crippen LogP contribution in [0.25, 0.3) is 17.2 Å². The number of aryl methyl sites for hydroxylation is 2. The quantitative estimate of drug-likeness (QED) is 0.538. The fourth-order valence-corrected chi connectivity index (χ4v) is 5.72. The molecular weight excluding hydrogens is 442 g/mol. The first-order valence-corrected chi connectivity index (χ1v) is 11.8. The predicted octanol–water partition coefficient (Wildman–Crippen LogP) is 4.66. The van der Waals surface area contributed by atoms with Crippen LogP contribution in [0.3, 0.4) is 0 Å². The second-order valence-electron chi connectivity index (χ2n) is 10.3. The van der Waals surface area contributed by atoms with E-state index in [1.165, 1.54) is 6.08 Å². The Labute approximate surface area is 203 Å². The standard InChI is InChI=1S/C26H25N7O2/c1-15-9-33-19-21(30-24(33)34-10-15)29-23(32-26-11-25(12-26,13-26)14-28)31-22(19)35-20-16(2)7-18(5-4-6-27)8-17(20)3/h4-5,7-8,15H,9-13H2,1-3H3,(H,29,31,32)/b5-4+/t15-,25?,26?/m0/s1. The van der Waals surface area contributed by atoms with Gasteiger partial charge in [-0.15, -0.1) is 0 Å². The molecule has 3 saturated carbocycles. The Bertz CT molecular complexity index is 1450. The van der Waals surface area contributed by atoms with Gasteiger partial charge in [0.15, 0.2) is 11.2 Å². The maximum Gasteiger partial charge on any atom is 0.299 e. The van der Waals surface area contributed by atoms with E-state index in [1.807, 2.05) is 36.6 Å². The number of rotatable bonds is 5. The average molecular weight is 468 g/mol. The molecule has 3 aliphatic carbocycles. The Kier molecular flexibility index (Phi) is 4.56. The van der Waals surface area contributed by atoms with Gasteiger partial charge < -0.3 is 14.8 Å². The average Bonchev–Trinajstić information content (AvgIpc) is 3.13. The molecule has 35 heavy (non-hydrogen) atoms. The van der Waals surface area contributed by atoms with E-state index in [2.05, 4.69) is 23.3 Å². The molecule has 1 aromatic carbocycles. The molecule has 0 amide bonds. The minimum Gasteiger partial charge on any atom is -0.464 e. The summed E-state index contributed by atoms with van der Waals surface area (Å²) in [4.78, 5) is 14.1. The SMILES string of the molecule is Cc1cc(/C=C/C#N)cc(C)c1Oc1nc(NC23CC(C#N)(C2)C3)nc2nc3n(c12)C[C@H](C)CO3. The van der Waals surface area contributed by atoms with Gasteiger partial charge in [-0.1, -0.05) is 6.92 Å². The van der Waals surface area contributed by atoms with E-state index in [1.54, 1.807) is 6.08 Å². The Morgan fingerprint density at radius 3 is 2.60 bits per heavy atom. The third-order valence-corrected chi connectivity index (χ3v) is 7.20. The van der Waals surface area contributed by atoms with Crippen molar-refractivity contribution in [2.45, 2.75) is 52.1 Å². The van der Waals surface area contributed by atoms with Gasteiger partial charge in [0.2, 0.25) is 5.95 Å². The molecule has 3 fully saturated rings. The second-order valence-corrected chi connectivity index (χ2v) is 10.3. The largest absolute Gasteiger partial charge is 0.464 e. The lowest BCUT2D eigenvalue weighted by Crippen LogP contribution is -2.70. The van der Waals surface area contributed by atoms with Crippen LogP contribution in [0.1, 0.15) is 42.9 Å². The number of allylic oxidation sites excluding steroid dienone is 1. The molecule has 9 heteroatoms. The molecule has 3 aromatic rings. The molecule has 7 rings (SSSR count). The molecule has 3 heterocycles. The van der Waals surface area contributed by atoms with Crippen molar-refractivity contribution in [3.63, 3.8) is 0 Å². The number of fused-ring (bicyclic) bond motifs is 3. The van der Waals surface area contributed by atoms with Gasteiger partial charge in [0.05, 0.1) is 24.2 Å². The highest BCUT2D eigenvalue weighted by Gasteiger charge is 2.69. The summed E-state index contributed by atoms with van der Waals surface area (Å²) in [6, 6.07) is 8.94. The maximum absolute atomic E-state index is 9.37. The van der Waals surface area contributed by atoms with Crippen molar-refractivity contribution < 1.29 is 9.47 Å². The van der Waals surface area contributed by atoms with Crippen LogP contribution in [0, 0.1) is 47.8 Å². The van der Waals surface area contributed by atoms with Gasteiger partial charge in [-0.2, -0.15) is 25.5 Å². The number of nitrogens with one attached hydrogen (secondary N) is 1. The Balaban J connectivity index is 1.42. The van der Waals surface area contributed by atoms with Crippen LogP contribution in [0.5, 0.6) is 17.6 Å². The van der Waals surface area contributed by atoms with Gasteiger partial charge in [0, 0.05) is 24.1 Å². The van der Waals surface area contributed by atoms with E-state index in [9.17, 15) is 5.26 Å². The van der Waals surface area contributed by atoms with Crippen LogP contribution in [-0.2, 0) is 6.54 Å². The van der Waals surface area contributed by atoms with E-state index in [0.29, 0.717) is 47.3 Å². The molecule has 1 N–H and O–H groups in total. The summed E-state index contributed by atoms with van der Waals surface area (Å²) in [5.41, 5.74) is 3.73. The van der Waals surface area contributed by atoms with Crippen LogP contribution in [0.2, 0.25) is 0 Å². The first-order valence-electron chi connectivity index (χ1n) is 11.8. The minimum absolute atomic E-state index is 0.119. The number of hydrogen-bond acceptors (Lipinski definition) is 8. The highest BCUT2D eigenvalue weighted by Crippen LogP contribution is 2.67. The molecule has 0 radical (unpaired) electrons. The molecule has 0 saturated heterocycles. The number of hydrogen-bond donors (Lipinski definition) is 1. The van der Waals surface area contributed by atoms with E-state index in [0.717, 1.165) is 42.5 Å². The molecular formula is C26H25N7O2. The van der Waals surface area contributed by atoms with Crippen LogP contribution < -0.4 is 14.8 Å². The molecule has 9 nitrogen and oxygen atoms in total. The smallest absolute Gasteiger partial charge is 0.299 e. The summed E-state index contributed by atoms with van der Waals surface area (Å²) >= 11 is 0. The number of imidazole rings is 1. The van der Waals surface area contributed by atoms with Crippen molar-refractivity contribution in [3.05, 3.63) is 34.9 Å². The van der Waals surface area contributed by atoms with Crippen molar-refractivity contribution in [1.29, 1.82) is 10.5 Å². The van der Waals surface area contributed by atoms with Crippen molar-refractivity contribution >= 4 is 23.2 Å². The van der Waals surface area contributed by atoms with Crippen LogP contribution in [-0.4, -0.2) is 31.7 Å². The third-order valence-electron chi connectivity index (χ3n) is 7.20. The summed E-state index contributed by atoms with van der Waals surface area (Å²) < 4.78 is 14.3. The summed E-state index contributed by atoms with van der Waals surface area (Å²) in [7, 11) is 0. The van der Waals surface area contributed by atoms with Gasteiger partial charge in [-0.05, 0) is 68.0 Å². The predicted molar refractivity (Wildman–Crippen MR) is 129 cm³/mol. The summed E-state index contributed by atoms with van der Waals surface area (Å²) in [6.45, 7) is 7.42. The van der Waals surface area contributed by atoms with Crippen LogP contribution in [0.4, 0.5) is 5.95 Å². The van der Waals surface area contributed by atoms with Gasteiger partial charge in [0.1, 0.15) is 5.75 Å². The summed E-state index contributed by atoms with van der Waals surface area (Å²) in [6.07, 6.45) is 5.67.